The van der Waals surface area contributed by atoms with Crippen LogP contribution in [0.2, 0.25) is 5.28 Å². The molecule has 0 radical (unpaired) electrons. The maximum absolute atomic E-state index is 6.09. The van der Waals surface area contributed by atoms with Crippen LogP contribution in [0.15, 0.2) is 24.3 Å². The molecule has 0 aliphatic carbocycles. The molecule has 80 valence electrons. The van der Waals surface area contributed by atoms with E-state index in [-0.39, 0.29) is 6.04 Å². The predicted octanol–water partition coefficient (Wildman–Crippen LogP) is 2.90. The van der Waals surface area contributed by atoms with Gasteiger partial charge in [0.15, 0.2) is 0 Å². The third-order valence-corrected chi connectivity index (χ3v) is 2.67. The van der Waals surface area contributed by atoms with Gasteiger partial charge in [-0.05, 0) is 30.7 Å². The molecule has 15 heavy (non-hydrogen) atoms. The van der Waals surface area contributed by atoms with Crippen molar-refractivity contribution in [3.63, 3.8) is 0 Å². The minimum atomic E-state index is 0.190. The number of para-hydroxylation sites is 2. The fraction of sp³-hybridized carbons (Fsp3) is 0.364. The molecule has 0 aliphatic rings. The van der Waals surface area contributed by atoms with E-state index in [1.165, 1.54) is 0 Å². The molecule has 0 N–H and O–H groups in total. The number of ether oxygens (including phenoxy) is 1. The molecule has 3 nitrogen and oxygen atoms in total. The number of fused-ring (bicyclic) bond motifs is 1. The molecule has 0 aliphatic heterocycles. The van der Waals surface area contributed by atoms with Crippen molar-refractivity contribution >= 4 is 22.6 Å². The van der Waals surface area contributed by atoms with Gasteiger partial charge in [0.1, 0.15) is 0 Å². The number of aromatic nitrogens is 2. The summed E-state index contributed by atoms with van der Waals surface area (Å²) in [6.07, 6.45) is 0. The molecule has 0 spiro atoms. The fourth-order valence-electron chi connectivity index (χ4n) is 1.75. The lowest BCUT2D eigenvalue weighted by molar-refractivity contribution is 0.164. The van der Waals surface area contributed by atoms with E-state index in [1.54, 1.807) is 7.11 Å². The summed E-state index contributed by atoms with van der Waals surface area (Å²) in [5.74, 6) is 0. The molecule has 1 aromatic carbocycles. The molecule has 0 bridgehead atoms. The van der Waals surface area contributed by atoms with Crippen molar-refractivity contribution in [2.75, 3.05) is 13.7 Å². The van der Waals surface area contributed by atoms with Gasteiger partial charge in [0.05, 0.1) is 23.7 Å². The van der Waals surface area contributed by atoms with Crippen molar-refractivity contribution in [3.8, 4) is 0 Å². The van der Waals surface area contributed by atoms with Crippen molar-refractivity contribution in [2.45, 2.75) is 13.0 Å². The quantitative estimate of drug-likeness (QED) is 0.802. The highest BCUT2D eigenvalue weighted by Gasteiger charge is 2.13. The van der Waals surface area contributed by atoms with Crippen LogP contribution in [-0.2, 0) is 4.74 Å². The first-order valence-electron chi connectivity index (χ1n) is 4.85. The number of methoxy groups -OCH3 is 1. The summed E-state index contributed by atoms with van der Waals surface area (Å²) in [6.45, 7) is 2.68. The Balaban J connectivity index is 2.53. The smallest absolute Gasteiger partial charge is 0.204 e. The summed E-state index contributed by atoms with van der Waals surface area (Å²) in [6, 6.07) is 8.10. The second-order valence-corrected chi connectivity index (χ2v) is 3.88. The number of nitrogens with zero attached hydrogens (tertiary/aromatic N) is 2. The van der Waals surface area contributed by atoms with Gasteiger partial charge < -0.3 is 9.30 Å². The fourth-order valence-corrected chi connectivity index (χ4v) is 2.10. The highest BCUT2D eigenvalue weighted by atomic mass is 35.5. The minimum Gasteiger partial charge on any atom is -0.383 e. The Morgan fingerprint density at radius 1 is 1.47 bits per heavy atom. The molecule has 1 aromatic heterocycles. The summed E-state index contributed by atoms with van der Waals surface area (Å²) in [4.78, 5) is 4.29. The van der Waals surface area contributed by atoms with E-state index in [1.807, 2.05) is 28.8 Å². The third-order valence-electron chi connectivity index (χ3n) is 2.40. The first-order chi connectivity index (χ1) is 7.24. The van der Waals surface area contributed by atoms with Crippen LogP contribution in [0.25, 0.3) is 11.0 Å². The lowest BCUT2D eigenvalue weighted by Gasteiger charge is -2.14. The second-order valence-electron chi connectivity index (χ2n) is 3.54. The number of hydrogen-bond acceptors (Lipinski definition) is 2. The summed E-state index contributed by atoms with van der Waals surface area (Å²) < 4.78 is 7.11. The first-order valence-corrected chi connectivity index (χ1v) is 5.23. The Morgan fingerprint density at radius 2 is 2.20 bits per heavy atom. The number of rotatable bonds is 3. The van der Waals surface area contributed by atoms with E-state index in [9.17, 15) is 0 Å². The third kappa shape index (κ3) is 1.85. The summed E-state index contributed by atoms with van der Waals surface area (Å²) in [7, 11) is 1.68. The predicted molar refractivity (Wildman–Crippen MR) is 61.3 cm³/mol. The normalized spacial score (nSPS) is 13.3. The van der Waals surface area contributed by atoms with Gasteiger partial charge in [-0.2, -0.15) is 0 Å². The summed E-state index contributed by atoms with van der Waals surface area (Å²) in [5, 5.41) is 0.515. The molecule has 4 heteroatoms. The van der Waals surface area contributed by atoms with Gasteiger partial charge in [-0.1, -0.05) is 12.1 Å². The van der Waals surface area contributed by atoms with Crippen LogP contribution in [0.3, 0.4) is 0 Å². The van der Waals surface area contributed by atoms with Gasteiger partial charge in [-0.3, -0.25) is 0 Å². The van der Waals surface area contributed by atoms with E-state index in [2.05, 4.69) is 11.9 Å². The van der Waals surface area contributed by atoms with Crippen molar-refractivity contribution in [1.82, 2.24) is 9.55 Å². The van der Waals surface area contributed by atoms with Crippen LogP contribution < -0.4 is 0 Å². The summed E-state index contributed by atoms with van der Waals surface area (Å²) in [5.41, 5.74) is 1.97. The molecule has 1 heterocycles. The van der Waals surface area contributed by atoms with Crippen LogP contribution in [0.5, 0.6) is 0 Å². The van der Waals surface area contributed by atoms with Crippen LogP contribution in [0.1, 0.15) is 13.0 Å². The van der Waals surface area contributed by atoms with Gasteiger partial charge in [-0.15, -0.1) is 0 Å². The highest BCUT2D eigenvalue weighted by Crippen LogP contribution is 2.24. The van der Waals surface area contributed by atoms with Crippen LogP contribution in [-0.4, -0.2) is 23.3 Å². The molecule has 2 aromatic rings. The summed E-state index contributed by atoms with van der Waals surface area (Å²) >= 11 is 6.09. The number of benzene rings is 1. The average Bonchev–Trinajstić information content (AvgIpc) is 2.54. The van der Waals surface area contributed by atoms with E-state index >= 15 is 0 Å². The van der Waals surface area contributed by atoms with Gasteiger partial charge in [0, 0.05) is 7.11 Å². The molecular weight excluding hydrogens is 212 g/mol. The zero-order chi connectivity index (χ0) is 10.8. The zero-order valence-corrected chi connectivity index (χ0v) is 9.53. The maximum Gasteiger partial charge on any atom is 0.204 e. The maximum atomic E-state index is 6.09. The lowest BCUT2D eigenvalue weighted by atomic mass is 10.3. The molecule has 2 rings (SSSR count). The van der Waals surface area contributed by atoms with Gasteiger partial charge >= 0.3 is 0 Å². The average molecular weight is 225 g/mol. The van der Waals surface area contributed by atoms with Gasteiger partial charge in [-0.25, -0.2) is 4.98 Å². The number of imidazole rings is 1. The molecule has 0 saturated carbocycles. The Bertz CT molecular complexity index is 467. The molecule has 0 saturated heterocycles. The van der Waals surface area contributed by atoms with Crippen LogP contribution >= 0.6 is 11.6 Å². The van der Waals surface area contributed by atoms with Crippen molar-refractivity contribution < 1.29 is 4.74 Å². The Kier molecular flexibility index (Phi) is 2.93. The Hall–Kier alpha value is -1.06. The number of halogens is 1. The minimum absolute atomic E-state index is 0.190. The van der Waals surface area contributed by atoms with Crippen LogP contribution in [0, 0.1) is 0 Å². The highest BCUT2D eigenvalue weighted by molar-refractivity contribution is 6.29. The topological polar surface area (TPSA) is 27.1 Å². The second kappa shape index (κ2) is 4.21. The SMILES string of the molecule is COCC(C)n1c(Cl)nc2ccccc21. The van der Waals surface area contributed by atoms with Crippen LogP contribution in [0.4, 0.5) is 0 Å². The van der Waals surface area contributed by atoms with Crippen molar-refractivity contribution in [2.24, 2.45) is 0 Å². The molecule has 1 atom stereocenters. The lowest BCUT2D eigenvalue weighted by Crippen LogP contribution is -2.10. The van der Waals surface area contributed by atoms with E-state index < -0.39 is 0 Å². The zero-order valence-electron chi connectivity index (χ0n) is 8.77. The largest absolute Gasteiger partial charge is 0.383 e. The van der Waals surface area contributed by atoms with Crippen molar-refractivity contribution in [3.05, 3.63) is 29.5 Å². The van der Waals surface area contributed by atoms with Gasteiger partial charge in [0.25, 0.3) is 0 Å². The molecule has 1 unspecified atom stereocenters. The van der Waals surface area contributed by atoms with Gasteiger partial charge in [0.2, 0.25) is 5.28 Å². The molecular formula is C11H13ClN2O. The molecule has 0 amide bonds. The Labute approximate surface area is 93.6 Å². The standard InChI is InChI=1S/C11H13ClN2O/c1-8(7-15-2)14-10-6-4-3-5-9(10)13-11(14)12/h3-6,8H,7H2,1-2H3. The van der Waals surface area contributed by atoms with E-state index in [4.69, 9.17) is 16.3 Å². The van der Waals surface area contributed by atoms with E-state index in [0.29, 0.717) is 11.9 Å². The Morgan fingerprint density at radius 3 is 2.93 bits per heavy atom. The number of hydrogen-bond donors (Lipinski definition) is 0. The van der Waals surface area contributed by atoms with E-state index in [0.717, 1.165) is 11.0 Å². The first kappa shape index (κ1) is 10.5. The molecule has 0 fully saturated rings. The monoisotopic (exact) mass is 224 g/mol. The van der Waals surface area contributed by atoms with Crippen molar-refractivity contribution in [1.29, 1.82) is 0 Å².